The van der Waals surface area contributed by atoms with Gasteiger partial charge in [-0.3, -0.25) is 14.4 Å². The fourth-order valence-electron chi connectivity index (χ4n) is 3.80. The number of benzene rings is 2. The molecule has 0 spiro atoms. The molecule has 0 unspecified atom stereocenters. The first-order valence-corrected chi connectivity index (χ1v) is 9.81. The lowest BCUT2D eigenvalue weighted by Gasteiger charge is -2.33. The number of fused-ring (bicyclic) bond motifs is 1. The second kappa shape index (κ2) is 8.90. The highest BCUT2D eigenvalue weighted by atomic mass is 16.4. The van der Waals surface area contributed by atoms with E-state index in [9.17, 15) is 19.5 Å². The van der Waals surface area contributed by atoms with Gasteiger partial charge < -0.3 is 15.3 Å². The SMILES string of the molecule is CC(C)[C@H](NC(=O)c1ccccc1)C(=O)N(CC(=O)O)C1Cc2ccccc2C1. The summed E-state index contributed by atoms with van der Waals surface area (Å²) in [5, 5.41) is 12.2. The molecule has 0 heterocycles. The zero-order valence-electron chi connectivity index (χ0n) is 16.7. The summed E-state index contributed by atoms with van der Waals surface area (Å²) in [6.45, 7) is 3.30. The smallest absolute Gasteiger partial charge is 0.323 e. The van der Waals surface area contributed by atoms with Gasteiger partial charge in [-0.05, 0) is 42.0 Å². The van der Waals surface area contributed by atoms with Crippen LogP contribution in [-0.2, 0) is 22.4 Å². The highest BCUT2D eigenvalue weighted by Crippen LogP contribution is 2.26. The molecular formula is C23H26N2O4. The maximum Gasteiger partial charge on any atom is 0.323 e. The molecule has 0 fully saturated rings. The number of nitrogens with zero attached hydrogens (tertiary/aromatic N) is 1. The lowest BCUT2D eigenvalue weighted by molar-refractivity contribution is -0.147. The Bertz CT molecular complexity index is 870. The number of carboxylic acid groups (broad SMARTS) is 1. The molecule has 0 saturated heterocycles. The van der Waals surface area contributed by atoms with Crippen LogP contribution >= 0.6 is 0 Å². The van der Waals surface area contributed by atoms with Gasteiger partial charge >= 0.3 is 5.97 Å². The Kier molecular flexibility index (Phi) is 6.32. The van der Waals surface area contributed by atoms with Gasteiger partial charge in [0.15, 0.2) is 0 Å². The standard InChI is InChI=1S/C23H26N2O4/c1-15(2)21(24-22(28)16-8-4-3-5-9-16)23(29)25(14-20(26)27)19-12-17-10-6-7-11-18(17)13-19/h3-11,15,19,21H,12-14H2,1-2H3,(H,24,28)(H,26,27)/t21-/m0/s1. The van der Waals surface area contributed by atoms with Crippen molar-refractivity contribution in [2.45, 2.75) is 38.8 Å². The molecule has 1 aliphatic rings. The topological polar surface area (TPSA) is 86.7 Å². The number of carboxylic acids is 1. The summed E-state index contributed by atoms with van der Waals surface area (Å²) in [5.74, 6) is -1.95. The molecule has 29 heavy (non-hydrogen) atoms. The van der Waals surface area contributed by atoms with Gasteiger partial charge in [0.1, 0.15) is 12.6 Å². The third-order valence-electron chi connectivity index (χ3n) is 5.31. The van der Waals surface area contributed by atoms with Crippen LogP contribution in [0.3, 0.4) is 0 Å². The summed E-state index contributed by atoms with van der Waals surface area (Å²) in [6.07, 6.45) is 1.24. The van der Waals surface area contributed by atoms with Crippen molar-refractivity contribution in [3.8, 4) is 0 Å². The first-order valence-electron chi connectivity index (χ1n) is 9.81. The van der Waals surface area contributed by atoms with Crippen molar-refractivity contribution >= 4 is 17.8 Å². The average molecular weight is 394 g/mol. The predicted octanol–water partition coefficient (Wildman–Crippen LogP) is 2.52. The first-order chi connectivity index (χ1) is 13.9. The fourth-order valence-corrected chi connectivity index (χ4v) is 3.80. The van der Waals surface area contributed by atoms with Gasteiger partial charge in [0, 0.05) is 11.6 Å². The molecule has 0 aliphatic heterocycles. The maximum atomic E-state index is 13.4. The number of rotatable bonds is 7. The third kappa shape index (κ3) is 4.83. The van der Waals surface area contributed by atoms with Crippen LogP contribution in [0.5, 0.6) is 0 Å². The van der Waals surface area contributed by atoms with Crippen LogP contribution in [0.1, 0.15) is 35.3 Å². The van der Waals surface area contributed by atoms with E-state index in [4.69, 9.17) is 0 Å². The van der Waals surface area contributed by atoms with Gasteiger partial charge in [0.05, 0.1) is 0 Å². The number of nitrogens with one attached hydrogen (secondary N) is 1. The van der Waals surface area contributed by atoms with E-state index < -0.39 is 12.0 Å². The zero-order valence-corrected chi connectivity index (χ0v) is 16.7. The zero-order chi connectivity index (χ0) is 21.0. The van der Waals surface area contributed by atoms with Crippen molar-refractivity contribution in [2.24, 2.45) is 5.92 Å². The molecule has 2 aromatic carbocycles. The van der Waals surface area contributed by atoms with Gasteiger partial charge in [-0.25, -0.2) is 0 Å². The second-order valence-electron chi connectivity index (χ2n) is 7.75. The van der Waals surface area contributed by atoms with Gasteiger partial charge in [-0.2, -0.15) is 0 Å². The Morgan fingerprint density at radius 2 is 1.55 bits per heavy atom. The van der Waals surface area contributed by atoms with Gasteiger partial charge in [0.25, 0.3) is 5.91 Å². The van der Waals surface area contributed by atoms with Crippen molar-refractivity contribution in [2.75, 3.05) is 6.54 Å². The maximum absolute atomic E-state index is 13.4. The molecule has 152 valence electrons. The summed E-state index contributed by atoms with van der Waals surface area (Å²) in [6, 6.07) is 15.6. The number of hydrogen-bond donors (Lipinski definition) is 2. The Balaban J connectivity index is 1.81. The van der Waals surface area contributed by atoms with Gasteiger partial charge in [-0.15, -0.1) is 0 Å². The second-order valence-corrected chi connectivity index (χ2v) is 7.75. The van der Waals surface area contributed by atoms with Crippen LogP contribution < -0.4 is 5.32 Å². The summed E-state index contributed by atoms with van der Waals surface area (Å²) in [5.41, 5.74) is 2.73. The van der Waals surface area contributed by atoms with Crippen LogP contribution in [0.2, 0.25) is 0 Å². The number of hydrogen-bond acceptors (Lipinski definition) is 3. The predicted molar refractivity (Wildman–Crippen MR) is 110 cm³/mol. The van der Waals surface area contributed by atoms with Crippen molar-refractivity contribution in [3.05, 3.63) is 71.3 Å². The minimum absolute atomic E-state index is 0.185. The highest BCUT2D eigenvalue weighted by molar-refractivity contribution is 5.98. The summed E-state index contributed by atoms with van der Waals surface area (Å²) < 4.78 is 0. The number of carbonyl (C=O) groups is 3. The van der Waals surface area contributed by atoms with E-state index in [1.54, 1.807) is 24.3 Å². The van der Waals surface area contributed by atoms with Crippen molar-refractivity contribution in [1.82, 2.24) is 10.2 Å². The quantitative estimate of drug-likeness (QED) is 0.756. The average Bonchev–Trinajstić information content (AvgIpc) is 3.13. The molecule has 0 saturated carbocycles. The highest BCUT2D eigenvalue weighted by Gasteiger charge is 2.36. The monoisotopic (exact) mass is 394 g/mol. The summed E-state index contributed by atoms with van der Waals surface area (Å²) in [4.78, 5) is 38.9. The third-order valence-corrected chi connectivity index (χ3v) is 5.31. The first kappa shape index (κ1) is 20.6. The Morgan fingerprint density at radius 3 is 2.07 bits per heavy atom. The Morgan fingerprint density at radius 1 is 1.00 bits per heavy atom. The minimum atomic E-state index is -1.06. The normalized spacial score (nSPS) is 14.3. The van der Waals surface area contributed by atoms with E-state index in [1.807, 2.05) is 44.2 Å². The van der Waals surface area contributed by atoms with E-state index in [-0.39, 0.29) is 30.3 Å². The minimum Gasteiger partial charge on any atom is -0.480 e. The molecule has 1 aliphatic carbocycles. The molecular weight excluding hydrogens is 368 g/mol. The van der Waals surface area contributed by atoms with Crippen LogP contribution in [-0.4, -0.2) is 46.4 Å². The number of aliphatic carboxylic acids is 1. The van der Waals surface area contributed by atoms with Crippen LogP contribution in [0.4, 0.5) is 0 Å². The van der Waals surface area contributed by atoms with Crippen LogP contribution in [0, 0.1) is 5.92 Å². The lowest BCUT2D eigenvalue weighted by atomic mass is 10.0. The molecule has 6 heteroatoms. The van der Waals surface area contributed by atoms with Crippen molar-refractivity contribution in [3.63, 3.8) is 0 Å². The van der Waals surface area contributed by atoms with E-state index in [0.717, 1.165) is 11.1 Å². The molecule has 2 amide bonds. The fraction of sp³-hybridized carbons (Fsp3) is 0.348. The lowest BCUT2D eigenvalue weighted by Crippen LogP contribution is -2.55. The van der Waals surface area contributed by atoms with Crippen molar-refractivity contribution < 1.29 is 19.5 Å². The largest absolute Gasteiger partial charge is 0.480 e. The van der Waals surface area contributed by atoms with E-state index >= 15 is 0 Å². The molecule has 3 rings (SSSR count). The van der Waals surface area contributed by atoms with Gasteiger partial charge in [0.2, 0.25) is 5.91 Å². The molecule has 1 atom stereocenters. The molecule has 0 bridgehead atoms. The number of carbonyl (C=O) groups excluding carboxylic acids is 2. The van der Waals surface area contributed by atoms with Gasteiger partial charge in [-0.1, -0.05) is 56.3 Å². The molecule has 6 nitrogen and oxygen atoms in total. The van der Waals surface area contributed by atoms with E-state index in [0.29, 0.717) is 18.4 Å². The van der Waals surface area contributed by atoms with Crippen LogP contribution in [0.25, 0.3) is 0 Å². The Hall–Kier alpha value is -3.15. The number of amides is 2. The van der Waals surface area contributed by atoms with Crippen LogP contribution in [0.15, 0.2) is 54.6 Å². The van der Waals surface area contributed by atoms with Crippen molar-refractivity contribution in [1.29, 1.82) is 0 Å². The molecule has 2 aromatic rings. The van der Waals surface area contributed by atoms with E-state index in [2.05, 4.69) is 5.32 Å². The summed E-state index contributed by atoms with van der Waals surface area (Å²) in [7, 11) is 0. The molecule has 0 radical (unpaired) electrons. The van der Waals surface area contributed by atoms with E-state index in [1.165, 1.54) is 4.90 Å². The Labute approximate surface area is 170 Å². The molecule has 2 N–H and O–H groups in total. The molecule has 0 aromatic heterocycles. The summed E-state index contributed by atoms with van der Waals surface area (Å²) >= 11 is 0.